The predicted molar refractivity (Wildman–Crippen MR) is 115 cm³/mol. The molecule has 2 aromatic heterocycles. The maximum Gasteiger partial charge on any atom is 0.250 e. The van der Waals surface area contributed by atoms with Crippen LogP contribution in [0.5, 0.6) is 0 Å². The van der Waals surface area contributed by atoms with E-state index in [4.69, 9.17) is 8.83 Å². The number of aromatic nitrogens is 2. The van der Waals surface area contributed by atoms with Crippen molar-refractivity contribution in [1.29, 1.82) is 0 Å². The summed E-state index contributed by atoms with van der Waals surface area (Å²) in [5.41, 5.74) is 2.81. The third kappa shape index (κ3) is 4.01. The van der Waals surface area contributed by atoms with E-state index < -0.39 is 0 Å². The van der Waals surface area contributed by atoms with Gasteiger partial charge in [0, 0.05) is 19.0 Å². The van der Waals surface area contributed by atoms with Gasteiger partial charge in [-0.05, 0) is 30.0 Å². The first-order valence-corrected chi connectivity index (χ1v) is 10.5. The van der Waals surface area contributed by atoms with Gasteiger partial charge in [0.15, 0.2) is 0 Å². The fourth-order valence-electron chi connectivity index (χ4n) is 4.20. The van der Waals surface area contributed by atoms with Gasteiger partial charge in [-0.15, -0.1) is 10.2 Å². The molecule has 4 aromatic rings. The highest BCUT2D eigenvalue weighted by atomic mass is 16.4. The number of piperidine rings is 1. The molecule has 0 spiro atoms. The van der Waals surface area contributed by atoms with Gasteiger partial charge in [0.25, 0.3) is 5.89 Å². The van der Waals surface area contributed by atoms with Crippen molar-refractivity contribution in [2.75, 3.05) is 13.1 Å². The van der Waals surface area contributed by atoms with Crippen LogP contribution in [0, 0.1) is 0 Å². The summed E-state index contributed by atoms with van der Waals surface area (Å²) in [6, 6.07) is 21.8. The predicted octanol–water partition coefficient (Wildman–Crippen LogP) is 4.87. The average molecular weight is 413 g/mol. The Morgan fingerprint density at radius 3 is 2.13 bits per heavy atom. The number of hydrogen-bond acceptors (Lipinski definition) is 5. The molecule has 0 unspecified atom stereocenters. The van der Waals surface area contributed by atoms with E-state index >= 15 is 0 Å². The van der Waals surface area contributed by atoms with Crippen molar-refractivity contribution in [2.45, 2.75) is 24.7 Å². The van der Waals surface area contributed by atoms with Crippen LogP contribution >= 0.6 is 0 Å². The van der Waals surface area contributed by atoms with Gasteiger partial charge in [0.05, 0.1) is 17.7 Å². The lowest BCUT2D eigenvalue weighted by atomic mass is 9.88. The number of furan rings is 1. The molecule has 6 heteroatoms. The molecule has 2 aromatic carbocycles. The van der Waals surface area contributed by atoms with Gasteiger partial charge >= 0.3 is 0 Å². The summed E-state index contributed by atoms with van der Waals surface area (Å²) in [5, 5.41) is 8.37. The van der Waals surface area contributed by atoms with E-state index in [2.05, 4.69) is 10.2 Å². The summed E-state index contributed by atoms with van der Waals surface area (Å²) in [7, 11) is 0. The minimum Gasteiger partial charge on any atom is -0.472 e. The summed E-state index contributed by atoms with van der Waals surface area (Å²) in [5.74, 6) is 1.10. The van der Waals surface area contributed by atoms with Gasteiger partial charge < -0.3 is 13.7 Å². The molecular formula is C25H23N3O3. The minimum absolute atomic E-state index is 0.139. The molecule has 156 valence electrons. The summed E-state index contributed by atoms with van der Waals surface area (Å²) in [4.78, 5) is 15.5. The maximum atomic E-state index is 13.6. The number of likely N-dealkylation sites (tertiary alicyclic amines) is 1. The van der Waals surface area contributed by atoms with Crippen LogP contribution in [0.3, 0.4) is 0 Å². The number of rotatable bonds is 5. The number of carbonyl (C=O) groups excluding carboxylic acids is 1. The zero-order valence-corrected chi connectivity index (χ0v) is 17.1. The summed E-state index contributed by atoms with van der Waals surface area (Å²) < 4.78 is 11.0. The smallest absolute Gasteiger partial charge is 0.250 e. The molecule has 0 N–H and O–H groups in total. The zero-order chi connectivity index (χ0) is 21.0. The Kier molecular flexibility index (Phi) is 5.35. The van der Waals surface area contributed by atoms with E-state index in [1.165, 1.54) is 0 Å². The highest BCUT2D eigenvalue weighted by Crippen LogP contribution is 2.32. The van der Waals surface area contributed by atoms with Crippen molar-refractivity contribution in [3.8, 4) is 11.5 Å². The van der Waals surface area contributed by atoms with Gasteiger partial charge in [0.1, 0.15) is 6.26 Å². The highest BCUT2D eigenvalue weighted by molar-refractivity contribution is 5.87. The van der Waals surface area contributed by atoms with E-state index in [1.807, 2.05) is 65.6 Å². The molecule has 0 aliphatic carbocycles. The molecule has 1 fully saturated rings. The van der Waals surface area contributed by atoms with E-state index in [0.717, 1.165) is 29.5 Å². The Bertz CT molecular complexity index is 1080. The van der Waals surface area contributed by atoms with Crippen molar-refractivity contribution in [2.24, 2.45) is 0 Å². The first-order chi connectivity index (χ1) is 15.3. The molecule has 0 bridgehead atoms. The van der Waals surface area contributed by atoms with E-state index in [0.29, 0.717) is 24.9 Å². The molecule has 5 rings (SSSR count). The second kappa shape index (κ2) is 8.60. The lowest BCUT2D eigenvalue weighted by Crippen LogP contribution is -2.41. The molecule has 31 heavy (non-hydrogen) atoms. The van der Waals surface area contributed by atoms with E-state index in [9.17, 15) is 4.79 Å². The topological polar surface area (TPSA) is 72.4 Å². The number of carbonyl (C=O) groups is 1. The van der Waals surface area contributed by atoms with Gasteiger partial charge in [0.2, 0.25) is 11.8 Å². The lowest BCUT2D eigenvalue weighted by Gasteiger charge is -2.33. The molecule has 6 nitrogen and oxygen atoms in total. The Morgan fingerprint density at radius 2 is 1.55 bits per heavy atom. The zero-order valence-electron chi connectivity index (χ0n) is 17.1. The van der Waals surface area contributed by atoms with Crippen molar-refractivity contribution in [1.82, 2.24) is 15.1 Å². The Labute approximate surface area is 180 Å². The van der Waals surface area contributed by atoms with Crippen LogP contribution in [-0.4, -0.2) is 34.1 Å². The second-order valence-electron chi connectivity index (χ2n) is 7.81. The fourth-order valence-corrected chi connectivity index (χ4v) is 4.20. The SMILES string of the molecule is O=C(C(c1ccccc1)c1ccccc1)N1CCC(c2nnc(-c3ccoc3)o2)CC1. The molecule has 0 radical (unpaired) electrons. The van der Waals surface area contributed by atoms with Crippen LogP contribution in [0.25, 0.3) is 11.5 Å². The first-order valence-electron chi connectivity index (χ1n) is 10.5. The Hall–Kier alpha value is -3.67. The van der Waals surface area contributed by atoms with Crippen LogP contribution < -0.4 is 0 Å². The molecule has 3 heterocycles. The highest BCUT2D eigenvalue weighted by Gasteiger charge is 2.32. The average Bonchev–Trinajstić information content (AvgIpc) is 3.53. The molecule has 1 aliphatic rings. The fraction of sp³-hybridized carbons (Fsp3) is 0.240. The van der Waals surface area contributed by atoms with E-state index in [1.54, 1.807) is 18.6 Å². The molecule has 0 atom stereocenters. The summed E-state index contributed by atoms with van der Waals surface area (Å²) in [6.07, 6.45) is 4.77. The number of amides is 1. The quantitative estimate of drug-likeness (QED) is 0.467. The summed E-state index contributed by atoms with van der Waals surface area (Å²) >= 11 is 0. The lowest BCUT2D eigenvalue weighted by molar-refractivity contribution is -0.133. The molecule has 0 saturated carbocycles. The van der Waals surface area contributed by atoms with Crippen LogP contribution in [0.15, 0.2) is 88.1 Å². The normalized spacial score (nSPS) is 14.8. The molecule has 1 amide bonds. The number of benzene rings is 2. The standard InChI is InChI=1S/C25H23N3O3/c29-25(22(18-7-3-1-4-8-18)19-9-5-2-6-10-19)28-14-11-20(12-15-28)23-26-27-24(31-23)21-13-16-30-17-21/h1-10,13,16-17,20,22H,11-12,14-15H2. The van der Waals surface area contributed by atoms with Crippen LogP contribution in [-0.2, 0) is 4.79 Å². The molecule has 1 saturated heterocycles. The van der Waals surface area contributed by atoms with Crippen LogP contribution in [0.1, 0.15) is 41.7 Å². The minimum atomic E-state index is -0.296. The van der Waals surface area contributed by atoms with Crippen molar-refractivity contribution >= 4 is 5.91 Å². The maximum absolute atomic E-state index is 13.6. The van der Waals surface area contributed by atoms with Crippen molar-refractivity contribution in [3.05, 3.63) is 96.3 Å². The summed E-state index contributed by atoms with van der Waals surface area (Å²) in [6.45, 7) is 1.34. The molecule has 1 aliphatic heterocycles. The Balaban J connectivity index is 1.30. The largest absolute Gasteiger partial charge is 0.472 e. The van der Waals surface area contributed by atoms with E-state index in [-0.39, 0.29) is 17.7 Å². The number of nitrogens with zero attached hydrogens (tertiary/aromatic N) is 3. The van der Waals surface area contributed by atoms with Crippen molar-refractivity contribution in [3.63, 3.8) is 0 Å². The third-order valence-electron chi connectivity index (χ3n) is 5.88. The van der Waals surface area contributed by atoms with Gasteiger partial charge in [-0.25, -0.2) is 0 Å². The van der Waals surface area contributed by atoms with Crippen LogP contribution in [0.4, 0.5) is 0 Å². The molecular weight excluding hydrogens is 390 g/mol. The first kappa shape index (κ1) is 19.3. The van der Waals surface area contributed by atoms with Gasteiger partial charge in [-0.2, -0.15) is 0 Å². The Morgan fingerprint density at radius 1 is 0.903 bits per heavy atom. The monoisotopic (exact) mass is 413 g/mol. The van der Waals surface area contributed by atoms with Crippen molar-refractivity contribution < 1.29 is 13.6 Å². The number of hydrogen-bond donors (Lipinski definition) is 0. The van der Waals surface area contributed by atoms with Gasteiger partial charge in [-0.3, -0.25) is 4.79 Å². The third-order valence-corrected chi connectivity index (χ3v) is 5.88. The van der Waals surface area contributed by atoms with Gasteiger partial charge in [-0.1, -0.05) is 60.7 Å². The van der Waals surface area contributed by atoms with Crippen LogP contribution in [0.2, 0.25) is 0 Å². The second-order valence-corrected chi connectivity index (χ2v) is 7.81.